The van der Waals surface area contributed by atoms with Crippen LogP contribution in [-0.2, 0) is 13.1 Å². The summed E-state index contributed by atoms with van der Waals surface area (Å²) in [7, 11) is 2.18. The topological polar surface area (TPSA) is 61.4 Å². The normalized spacial score (nSPS) is 17.7. The minimum atomic E-state index is -0.0256. The molecule has 1 N–H and O–H groups in total. The minimum absolute atomic E-state index is 0.0256. The zero-order chi connectivity index (χ0) is 22.2. The lowest BCUT2D eigenvalue weighted by molar-refractivity contribution is 0.0954. The molecule has 168 valence electrons. The molecule has 1 aliphatic carbocycles. The van der Waals surface area contributed by atoms with E-state index >= 15 is 0 Å². The number of hydrogen-bond acceptors (Lipinski definition) is 6. The van der Waals surface area contributed by atoms with Crippen LogP contribution < -0.4 is 5.32 Å². The van der Waals surface area contributed by atoms with Gasteiger partial charge in [-0.2, -0.15) is 0 Å². The highest BCUT2D eigenvalue weighted by Gasteiger charge is 2.28. The molecule has 2 fully saturated rings. The van der Waals surface area contributed by atoms with Crippen molar-refractivity contribution >= 4 is 27.5 Å². The summed E-state index contributed by atoms with van der Waals surface area (Å²) < 4.78 is 0. The third-order valence-corrected chi connectivity index (χ3v) is 7.77. The van der Waals surface area contributed by atoms with Crippen molar-refractivity contribution in [3.8, 4) is 0 Å². The lowest BCUT2D eigenvalue weighted by Gasteiger charge is -2.32. The Morgan fingerprint density at radius 1 is 1.12 bits per heavy atom. The molecular weight excluding hydrogens is 418 g/mol. The summed E-state index contributed by atoms with van der Waals surface area (Å²) in [5.74, 6) is 1.43. The number of nitrogens with one attached hydrogen (secondary N) is 1. The molecule has 0 atom stereocenters. The number of likely N-dealkylation sites (N-methyl/N-ethyl adjacent to an activating group) is 1. The number of benzene rings is 1. The van der Waals surface area contributed by atoms with Gasteiger partial charge in [-0.05, 0) is 50.4 Å². The highest BCUT2D eigenvalue weighted by Crippen LogP contribution is 2.40. The molecule has 0 radical (unpaired) electrons. The van der Waals surface area contributed by atoms with E-state index in [1.54, 1.807) is 0 Å². The van der Waals surface area contributed by atoms with Gasteiger partial charge in [0.25, 0.3) is 5.91 Å². The number of aromatic nitrogens is 2. The van der Waals surface area contributed by atoms with Crippen LogP contribution in [0.5, 0.6) is 0 Å². The Hall–Kier alpha value is -2.35. The minimum Gasteiger partial charge on any atom is -0.347 e. The van der Waals surface area contributed by atoms with E-state index in [2.05, 4.69) is 46.4 Å². The van der Waals surface area contributed by atoms with Gasteiger partial charge in [0.15, 0.2) is 0 Å². The second-order valence-electron chi connectivity index (χ2n) is 9.26. The smallest absolute Gasteiger partial charge is 0.261 e. The molecule has 1 saturated heterocycles. The van der Waals surface area contributed by atoms with Crippen LogP contribution in [0.3, 0.4) is 0 Å². The van der Waals surface area contributed by atoms with Gasteiger partial charge in [0.05, 0.1) is 10.6 Å². The van der Waals surface area contributed by atoms with Crippen LogP contribution in [0, 0.1) is 13.8 Å². The molecule has 32 heavy (non-hydrogen) atoms. The van der Waals surface area contributed by atoms with E-state index in [9.17, 15) is 4.79 Å². The van der Waals surface area contributed by atoms with Crippen molar-refractivity contribution in [1.82, 2.24) is 25.1 Å². The molecule has 0 unspecified atom stereocenters. The summed E-state index contributed by atoms with van der Waals surface area (Å²) in [5, 5.41) is 4.17. The fourth-order valence-electron chi connectivity index (χ4n) is 4.47. The predicted molar refractivity (Wildman–Crippen MR) is 129 cm³/mol. The number of nitrogens with zero attached hydrogens (tertiary/aromatic N) is 4. The maximum absolute atomic E-state index is 13.0. The van der Waals surface area contributed by atoms with Gasteiger partial charge in [0, 0.05) is 50.6 Å². The number of amides is 1. The number of fused-ring (bicyclic) bond motifs is 1. The molecule has 3 aromatic rings. The number of piperazine rings is 1. The Bertz CT molecular complexity index is 1140. The van der Waals surface area contributed by atoms with Crippen molar-refractivity contribution in [3.05, 3.63) is 57.4 Å². The van der Waals surface area contributed by atoms with Crippen LogP contribution in [0.15, 0.2) is 24.3 Å². The molecule has 1 aromatic carbocycles. The molecule has 0 bridgehead atoms. The van der Waals surface area contributed by atoms with Gasteiger partial charge in [0.2, 0.25) is 0 Å². The van der Waals surface area contributed by atoms with E-state index < -0.39 is 0 Å². The monoisotopic (exact) mass is 449 g/mol. The third-order valence-electron chi connectivity index (χ3n) is 6.58. The first-order valence-corrected chi connectivity index (χ1v) is 12.3. The zero-order valence-electron chi connectivity index (χ0n) is 19.1. The van der Waals surface area contributed by atoms with Gasteiger partial charge in [-0.1, -0.05) is 24.3 Å². The van der Waals surface area contributed by atoms with Gasteiger partial charge in [0.1, 0.15) is 10.7 Å². The maximum atomic E-state index is 13.0. The number of rotatable bonds is 6. The lowest BCUT2D eigenvalue weighted by Crippen LogP contribution is -2.43. The van der Waals surface area contributed by atoms with Gasteiger partial charge in [-0.3, -0.25) is 9.69 Å². The molecule has 2 aromatic heterocycles. The predicted octanol–water partition coefficient (Wildman–Crippen LogP) is 3.86. The fraction of sp³-hybridized carbons (Fsp3) is 0.480. The highest BCUT2D eigenvalue weighted by atomic mass is 32.1. The van der Waals surface area contributed by atoms with Gasteiger partial charge >= 0.3 is 0 Å². The Morgan fingerprint density at radius 2 is 1.88 bits per heavy atom. The van der Waals surface area contributed by atoms with Crippen LogP contribution in [0.1, 0.15) is 56.6 Å². The highest BCUT2D eigenvalue weighted by molar-refractivity contribution is 7.20. The average Bonchev–Trinajstić information content (AvgIpc) is 3.57. The third kappa shape index (κ3) is 4.56. The number of carbonyl (C=O) groups excluding carboxylic acids is 1. The summed E-state index contributed by atoms with van der Waals surface area (Å²) in [6, 6.07) is 8.58. The largest absolute Gasteiger partial charge is 0.347 e. The Kier molecular flexibility index (Phi) is 5.97. The zero-order valence-corrected chi connectivity index (χ0v) is 20.0. The van der Waals surface area contributed by atoms with Crippen molar-refractivity contribution < 1.29 is 4.79 Å². The second kappa shape index (κ2) is 8.89. The summed E-state index contributed by atoms with van der Waals surface area (Å²) in [6.07, 6.45) is 2.35. The van der Waals surface area contributed by atoms with Crippen molar-refractivity contribution in [3.63, 3.8) is 0 Å². The molecule has 1 saturated carbocycles. The quantitative estimate of drug-likeness (QED) is 0.619. The summed E-state index contributed by atoms with van der Waals surface area (Å²) in [4.78, 5) is 29.1. The number of aryl methyl sites for hydroxylation is 2. The van der Waals surface area contributed by atoms with Gasteiger partial charge < -0.3 is 10.2 Å². The standard InChI is InChI=1S/C25H31N5OS/c1-16-21-17(2)27-23(20-7-8-20)28-25(21)32-22(16)24(31)26-14-18-5-4-6-19(13-18)15-30-11-9-29(3)10-12-30/h4-6,13,20H,7-12,14-15H2,1-3H3,(H,26,31). The van der Waals surface area contributed by atoms with E-state index in [0.717, 1.165) is 70.5 Å². The van der Waals surface area contributed by atoms with Crippen LogP contribution in [0.25, 0.3) is 10.2 Å². The van der Waals surface area contributed by atoms with E-state index in [1.807, 2.05) is 13.8 Å². The van der Waals surface area contributed by atoms with E-state index in [4.69, 9.17) is 9.97 Å². The van der Waals surface area contributed by atoms with Crippen molar-refractivity contribution in [2.24, 2.45) is 0 Å². The molecule has 1 aliphatic heterocycles. The summed E-state index contributed by atoms with van der Waals surface area (Å²) in [6.45, 7) is 9.99. The van der Waals surface area contributed by atoms with Crippen LogP contribution in [-0.4, -0.2) is 58.9 Å². The van der Waals surface area contributed by atoms with Crippen LogP contribution >= 0.6 is 11.3 Å². The molecule has 0 spiro atoms. The first-order chi connectivity index (χ1) is 15.5. The molecule has 6 nitrogen and oxygen atoms in total. The Morgan fingerprint density at radius 3 is 2.62 bits per heavy atom. The van der Waals surface area contributed by atoms with Crippen molar-refractivity contribution in [2.75, 3.05) is 33.2 Å². The first kappa shape index (κ1) is 21.5. The van der Waals surface area contributed by atoms with Gasteiger partial charge in [-0.15, -0.1) is 11.3 Å². The molecular formula is C25H31N5OS. The Balaban J connectivity index is 1.26. The van der Waals surface area contributed by atoms with E-state index in [-0.39, 0.29) is 5.91 Å². The second-order valence-corrected chi connectivity index (χ2v) is 10.3. The summed E-state index contributed by atoms with van der Waals surface area (Å²) >= 11 is 1.49. The Labute approximate surface area is 193 Å². The van der Waals surface area contributed by atoms with Gasteiger partial charge in [-0.25, -0.2) is 9.97 Å². The maximum Gasteiger partial charge on any atom is 0.261 e. The fourth-order valence-corrected chi connectivity index (χ4v) is 5.62. The SMILES string of the molecule is Cc1nc(C2CC2)nc2sc(C(=O)NCc3cccc(CN4CCN(C)CC4)c3)c(C)c12. The van der Waals surface area contributed by atoms with E-state index in [1.165, 1.54) is 29.7 Å². The lowest BCUT2D eigenvalue weighted by atomic mass is 10.1. The molecule has 5 rings (SSSR count). The molecule has 7 heteroatoms. The number of hydrogen-bond donors (Lipinski definition) is 1. The average molecular weight is 450 g/mol. The molecule has 3 heterocycles. The van der Waals surface area contributed by atoms with E-state index in [0.29, 0.717) is 12.5 Å². The number of thiophene rings is 1. The van der Waals surface area contributed by atoms with Crippen LogP contribution in [0.2, 0.25) is 0 Å². The first-order valence-electron chi connectivity index (χ1n) is 11.5. The number of carbonyl (C=O) groups is 1. The van der Waals surface area contributed by atoms with Crippen molar-refractivity contribution in [2.45, 2.75) is 45.7 Å². The van der Waals surface area contributed by atoms with Crippen LogP contribution in [0.4, 0.5) is 0 Å². The summed E-state index contributed by atoms with van der Waals surface area (Å²) in [5.41, 5.74) is 4.42. The molecule has 1 amide bonds. The molecule has 2 aliphatic rings. The van der Waals surface area contributed by atoms with Crippen molar-refractivity contribution in [1.29, 1.82) is 0 Å².